The Morgan fingerprint density at radius 1 is 1.00 bits per heavy atom. The van der Waals surface area contributed by atoms with Crippen LogP contribution >= 0.6 is 0 Å². The van der Waals surface area contributed by atoms with Crippen LogP contribution < -0.4 is 5.32 Å². The number of carbonyl (C=O) groups excluding carboxylic acids is 2. The summed E-state index contributed by atoms with van der Waals surface area (Å²) in [4.78, 5) is 25.1. The van der Waals surface area contributed by atoms with Crippen molar-refractivity contribution < 1.29 is 14.3 Å². The van der Waals surface area contributed by atoms with Gasteiger partial charge in [0.15, 0.2) is 6.10 Å². The van der Waals surface area contributed by atoms with Crippen molar-refractivity contribution in [2.75, 3.05) is 0 Å². The van der Waals surface area contributed by atoms with Gasteiger partial charge in [-0.1, -0.05) is 12.8 Å². The SMILES string of the molecule is CC(OC(=O)C12CC3CC(CC(C3)C1)C2)C(=O)NC1CCCC1. The van der Waals surface area contributed by atoms with Crippen molar-refractivity contribution in [1.82, 2.24) is 5.32 Å². The third kappa shape index (κ3) is 2.89. The second-order valence-corrected chi connectivity index (χ2v) is 8.74. The van der Waals surface area contributed by atoms with E-state index in [1.54, 1.807) is 6.92 Å². The second-order valence-electron chi connectivity index (χ2n) is 8.74. The maximum atomic E-state index is 12.8. The van der Waals surface area contributed by atoms with E-state index in [0.29, 0.717) is 0 Å². The molecule has 4 heteroatoms. The van der Waals surface area contributed by atoms with Crippen LogP contribution in [0.15, 0.2) is 0 Å². The van der Waals surface area contributed by atoms with Crippen LogP contribution in [0.3, 0.4) is 0 Å². The largest absolute Gasteiger partial charge is 0.452 e. The standard InChI is InChI=1S/C19H29NO3/c1-12(17(21)20-16-4-2-3-5-16)23-18(22)19-9-13-6-14(10-19)8-15(7-13)11-19/h12-16H,2-11H2,1H3,(H,20,21). The molecule has 1 N–H and O–H groups in total. The molecule has 0 aromatic rings. The van der Waals surface area contributed by atoms with E-state index in [4.69, 9.17) is 4.74 Å². The van der Waals surface area contributed by atoms with Crippen molar-refractivity contribution in [3.05, 3.63) is 0 Å². The molecule has 1 unspecified atom stereocenters. The zero-order chi connectivity index (χ0) is 16.0. The Morgan fingerprint density at radius 3 is 2.04 bits per heavy atom. The molecule has 5 fully saturated rings. The van der Waals surface area contributed by atoms with Crippen LogP contribution in [-0.4, -0.2) is 24.0 Å². The highest BCUT2D eigenvalue weighted by Gasteiger charge is 2.55. The lowest BCUT2D eigenvalue weighted by atomic mass is 9.49. The Morgan fingerprint density at radius 2 is 1.52 bits per heavy atom. The molecule has 0 aromatic carbocycles. The first-order valence-corrected chi connectivity index (χ1v) is 9.55. The molecular formula is C19H29NO3. The van der Waals surface area contributed by atoms with Gasteiger partial charge in [-0.2, -0.15) is 0 Å². The molecule has 4 nitrogen and oxygen atoms in total. The quantitative estimate of drug-likeness (QED) is 0.810. The number of rotatable bonds is 4. The highest BCUT2D eigenvalue weighted by atomic mass is 16.5. The number of ether oxygens (including phenoxy) is 1. The molecule has 0 heterocycles. The summed E-state index contributed by atoms with van der Waals surface area (Å²) in [5, 5.41) is 3.04. The molecule has 5 saturated carbocycles. The molecule has 0 radical (unpaired) electrons. The molecule has 0 aromatic heterocycles. The Hall–Kier alpha value is -1.06. The van der Waals surface area contributed by atoms with E-state index in [2.05, 4.69) is 5.32 Å². The molecule has 0 aliphatic heterocycles. The minimum Gasteiger partial charge on any atom is -0.452 e. The summed E-state index contributed by atoms with van der Waals surface area (Å²) in [7, 11) is 0. The van der Waals surface area contributed by atoms with Gasteiger partial charge in [-0.05, 0) is 76.0 Å². The lowest BCUT2D eigenvalue weighted by Gasteiger charge is -2.55. The maximum Gasteiger partial charge on any atom is 0.312 e. The zero-order valence-electron chi connectivity index (χ0n) is 14.2. The molecule has 5 aliphatic rings. The number of amides is 1. The van der Waals surface area contributed by atoms with Gasteiger partial charge < -0.3 is 10.1 Å². The van der Waals surface area contributed by atoms with Gasteiger partial charge in [-0.3, -0.25) is 9.59 Å². The predicted molar refractivity (Wildman–Crippen MR) is 86.6 cm³/mol. The summed E-state index contributed by atoms with van der Waals surface area (Å²) in [5.74, 6) is 1.95. The van der Waals surface area contributed by atoms with Crippen LogP contribution in [-0.2, 0) is 14.3 Å². The van der Waals surface area contributed by atoms with E-state index in [0.717, 1.165) is 49.9 Å². The van der Waals surface area contributed by atoms with Gasteiger partial charge in [0.2, 0.25) is 0 Å². The van der Waals surface area contributed by atoms with Crippen molar-refractivity contribution in [3.63, 3.8) is 0 Å². The minimum atomic E-state index is -0.656. The van der Waals surface area contributed by atoms with Crippen molar-refractivity contribution in [3.8, 4) is 0 Å². The van der Waals surface area contributed by atoms with Crippen LogP contribution in [0, 0.1) is 23.2 Å². The summed E-state index contributed by atoms with van der Waals surface area (Å²) in [6.07, 6.45) is 10.7. The summed E-state index contributed by atoms with van der Waals surface area (Å²) in [5.41, 5.74) is -0.267. The maximum absolute atomic E-state index is 12.8. The topological polar surface area (TPSA) is 55.4 Å². The number of hydrogen-bond acceptors (Lipinski definition) is 3. The first kappa shape index (κ1) is 15.5. The zero-order valence-corrected chi connectivity index (χ0v) is 14.2. The van der Waals surface area contributed by atoms with Crippen molar-refractivity contribution in [2.24, 2.45) is 23.2 Å². The van der Waals surface area contributed by atoms with Gasteiger partial charge in [0.1, 0.15) is 0 Å². The van der Waals surface area contributed by atoms with Gasteiger partial charge in [-0.15, -0.1) is 0 Å². The molecule has 1 amide bonds. The normalized spacial score (nSPS) is 40.1. The fourth-order valence-electron chi connectivity index (χ4n) is 6.09. The van der Waals surface area contributed by atoms with E-state index in [1.165, 1.54) is 32.1 Å². The molecule has 1 atom stereocenters. The van der Waals surface area contributed by atoms with E-state index >= 15 is 0 Å². The monoisotopic (exact) mass is 319 g/mol. The molecular weight excluding hydrogens is 290 g/mol. The average Bonchev–Trinajstić information content (AvgIpc) is 2.98. The van der Waals surface area contributed by atoms with Crippen LogP contribution in [0.4, 0.5) is 0 Å². The lowest BCUT2D eigenvalue weighted by Crippen LogP contribution is -2.52. The number of hydrogen-bond donors (Lipinski definition) is 1. The molecule has 0 saturated heterocycles. The van der Waals surface area contributed by atoms with Gasteiger partial charge in [0.05, 0.1) is 5.41 Å². The first-order valence-electron chi connectivity index (χ1n) is 9.55. The van der Waals surface area contributed by atoms with Crippen LogP contribution in [0.5, 0.6) is 0 Å². The Bertz CT molecular complexity index is 460. The first-order chi connectivity index (χ1) is 11.0. The van der Waals surface area contributed by atoms with E-state index in [1.807, 2.05) is 0 Å². The number of nitrogens with one attached hydrogen (secondary N) is 1. The summed E-state index contributed by atoms with van der Waals surface area (Å²) < 4.78 is 5.66. The Kier molecular flexibility index (Phi) is 3.89. The molecule has 4 bridgehead atoms. The second kappa shape index (κ2) is 5.78. The third-order valence-corrected chi connectivity index (χ3v) is 6.83. The predicted octanol–water partition coefficient (Wildman–Crippen LogP) is 3.19. The van der Waals surface area contributed by atoms with E-state index in [-0.39, 0.29) is 23.3 Å². The van der Waals surface area contributed by atoms with E-state index < -0.39 is 6.10 Å². The van der Waals surface area contributed by atoms with Gasteiger partial charge in [0, 0.05) is 6.04 Å². The average molecular weight is 319 g/mol. The molecule has 128 valence electrons. The summed E-state index contributed by atoms with van der Waals surface area (Å²) in [6, 6.07) is 0.281. The third-order valence-electron chi connectivity index (χ3n) is 6.83. The highest BCUT2D eigenvalue weighted by molar-refractivity contribution is 5.85. The molecule has 5 aliphatic carbocycles. The van der Waals surface area contributed by atoms with Gasteiger partial charge in [-0.25, -0.2) is 0 Å². The molecule has 0 spiro atoms. The Balaban J connectivity index is 1.36. The minimum absolute atomic E-state index is 0.0920. The van der Waals surface area contributed by atoms with Crippen LogP contribution in [0.1, 0.15) is 71.1 Å². The molecule has 5 rings (SSSR count). The highest BCUT2D eigenvalue weighted by Crippen LogP contribution is 2.60. The van der Waals surface area contributed by atoms with E-state index in [9.17, 15) is 9.59 Å². The van der Waals surface area contributed by atoms with Crippen LogP contribution in [0.2, 0.25) is 0 Å². The molecule has 23 heavy (non-hydrogen) atoms. The fraction of sp³-hybridized carbons (Fsp3) is 0.895. The summed E-state index contributed by atoms with van der Waals surface area (Å²) >= 11 is 0. The number of carbonyl (C=O) groups is 2. The smallest absolute Gasteiger partial charge is 0.312 e. The van der Waals surface area contributed by atoms with Crippen LogP contribution in [0.25, 0.3) is 0 Å². The van der Waals surface area contributed by atoms with Crippen molar-refractivity contribution in [2.45, 2.75) is 83.3 Å². The van der Waals surface area contributed by atoms with Gasteiger partial charge >= 0.3 is 5.97 Å². The fourth-order valence-corrected chi connectivity index (χ4v) is 6.09. The van der Waals surface area contributed by atoms with Crippen molar-refractivity contribution >= 4 is 11.9 Å². The Labute approximate surface area is 138 Å². The summed E-state index contributed by atoms with van der Waals surface area (Å²) in [6.45, 7) is 1.72. The number of esters is 1. The lowest BCUT2D eigenvalue weighted by molar-refractivity contribution is -0.178. The van der Waals surface area contributed by atoms with Gasteiger partial charge in [0.25, 0.3) is 5.91 Å². The van der Waals surface area contributed by atoms with Crippen molar-refractivity contribution in [1.29, 1.82) is 0 Å².